The molecule has 1 fully saturated rings. The van der Waals surface area contributed by atoms with Gasteiger partial charge in [0.15, 0.2) is 0 Å². The molecule has 2 aromatic rings. The van der Waals surface area contributed by atoms with Crippen LogP contribution in [0.4, 0.5) is 4.39 Å². The number of nitrogens with zero attached hydrogens (tertiary/aromatic N) is 1. The number of nitrogens with one attached hydrogen (secondary N) is 1. The number of rotatable bonds is 7. The van der Waals surface area contributed by atoms with Crippen LogP contribution in [-0.4, -0.2) is 35.7 Å². The molecule has 4 nitrogen and oxygen atoms in total. The van der Waals surface area contributed by atoms with Gasteiger partial charge in [-0.15, -0.1) is 0 Å². The number of amides is 1. The van der Waals surface area contributed by atoms with Gasteiger partial charge in [0.2, 0.25) is 0 Å². The number of fused-ring (bicyclic) bond motifs is 1. The highest BCUT2D eigenvalue weighted by Gasteiger charge is 2.30. The summed E-state index contributed by atoms with van der Waals surface area (Å²) in [4.78, 5) is 12.8. The molecule has 0 radical (unpaired) electrons. The number of hydrogen-bond acceptors (Lipinski definition) is 2. The second kappa shape index (κ2) is 8.61. The van der Waals surface area contributed by atoms with Crippen molar-refractivity contribution in [1.82, 2.24) is 9.72 Å². The molecule has 0 atom stereocenters. The molecule has 1 aliphatic carbocycles. The quantitative estimate of drug-likeness (QED) is 0.684. The lowest BCUT2D eigenvalue weighted by Crippen LogP contribution is -2.34. The van der Waals surface area contributed by atoms with Gasteiger partial charge in [0.1, 0.15) is 5.67 Å². The van der Waals surface area contributed by atoms with E-state index < -0.39 is 5.67 Å². The second-order valence-corrected chi connectivity index (χ2v) is 8.04. The first kappa shape index (κ1) is 20.2. The minimum atomic E-state index is -1.05. The van der Waals surface area contributed by atoms with E-state index >= 15 is 0 Å². The Labute approximate surface area is 165 Å². The molecule has 0 saturated heterocycles. The molecule has 0 spiro atoms. The molecule has 2 aromatic heterocycles. The maximum Gasteiger partial charge on any atom is 0.253 e. The van der Waals surface area contributed by atoms with Gasteiger partial charge in [-0.05, 0) is 63.6 Å². The van der Waals surface area contributed by atoms with E-state index in [0.29, 0.717) is 55.5 Å². The van der Waals surface area contributed by atoms with E-state index in [1.807, 2.05) is 29.7 Å². The van der Waals surface area contributed by atoms with Crippen molar-refractivity contribution in [2.45, 2.75) is 51.6 Å². The van der Waals surface area contributed by atoms with Gasteiger partial charge in [-0.1, -0.05) is 11.6 Å². The standard InChI is InChI=1S/C21H28ClFN2O2/c1-3-27-12-8-16-13-17(19-18(22)5-4-11-25(16)19)20(26)24-14-15-6-9-21(2,23)10-7-15/h4-5,11,13,15H,3,6-10,12,14H2,1-2H3,(H,24,26). The van der Waals surface area contributed by atoms with Crippen LogP contribution >= 0.6 is 11.6 Å². The Kier molecular flexibility index (Phi) is 6.43. The van der Waals surface area contributed by atoms with Gasteiger partial charge >= 0.3 is 0 Å². The topological polar surface area (TPSA) is 42.7 Å². The van der Waals surface area contributed by atoms with Crippen molar-refractivity contribution in [1.29, 1.82) is 0 Å². The molecule has 0 bridgehead atoms. The molecule has 0 aliphatic heterocycles. The Balaban J connectivity index is 1.72. The molecule has 0 aromatic carbocycles. The normalized spacial score (nSPS) is 22.9. The summed E-state index contributed by atoms with van der Waals surface area (Å²) >= 11 is 6.39. The molecule has 3 rings (SSSR count). The van der Waals surface area contributed by atoms with Crippen molar-refractivity contribution in [3.63, 3.8) is 0 Å². The maximum absolute atomic E-state index is 13.9. The third-order valence-electron chi connectivity index (χ3n) is 5.47. The van der Waals surface area contributed by atoms with Crippen LogP contribution in [0.3, 0.4) is 0 Å². The van der Waals surface area contributed by atoms with Crippen LogP contribution in [0.2, 0.25) is 5.02 Å². The van der Waals surface area contributed by atoms with Crippen molar-refractivity contribution in [2.24, 2.45) is 5.92 Å². The zero-order valence-electron chi connectivity index (χ0n) is 16.1. The van der Waals surface area contributed by atoms with Crippen LogP contribution in [0.5, 0.6) is 0 Å². The molecular formula is C21H28ClFN2O2. The summed E-state index contributed by atoms with van der Waals surface area (Å²) in [6.45, 7) is 5.46. The van der Waals surface area contributed by atoms with Crippen LogP contribution < -0.4 is 5.32 Å². The van der Waals surface area contributed by atoms with Gasteiger partial charge in [0.05, 0.1) is 22.7 Å². The summed E-state index contributed by atoms with van der Waals surface area (Å²) in [5.74, 6) is 0.205. The van der Waals surface area contributed by atoms with Crippen molar-refractivity contribution in [3.8, 4) is 0 Å². The molecule has 2 heterocycles. The fourth-order valence-corrected chi connectivity index (χ4v) is 4.05. The minimum absolute atomic E-state index is 0.128. The van der Waals surface area contributed by atoms with E-state index in [4.69, 9.17) is 16.3 Å². The van der Waals surface area contributed by atoms with E-state index in [9.17, 15) is 9.18 Å². The highest BCUT2D eigenvalue weighted by Crippen LogP contribution is 2.34. The fourth-order valence-electron chi connectivity index (χ4n) is 3.79. The first-order valence-electron chi connectivity index (χ1n) is 9.74. The Bertz CT molecular complexity index is 793. The van der Waals surface area contributed by atoms with Gasteiger partial charge < -0.3 is 14.5 Å². The monoisotopic (exact) mass is 394 g/mol. The zero-order chi connectivity index (χ0) is 19.4. The molecule has 6 heteroatoms. The fraction of sp³-hybridized carbons (Fsp3) is 0.571. The van der Waals surface area contributed by atoms with Crippen molar-refractivity contribution >= 4 is 23.0 Å². The van der Waals surface area contributed by atoms with Gasteiger partial charge in [-0.3, -0.25) is 4.79 Å². The Hall–Kier alpha value is -1.59. The van der Waals surface area contributed by atoms with Gasteiger partial charge in [-0.2, -0.15) is 0 Å². The predicted octanol–water partition coefficient (Wildman–Crippen LogP) is 4.82. The maximum atomic E-state index is 13.9. The van der Waals surface area contributed by atoms with E-state index in [1.54, 1.807) is 13.0 Å². The number of ether oxygens (including phenoxy) is 1. The third-order valence-corrected chi connectivity index (χ3v) is 5.78. The van der Waals surface area contributed by atoms with Crippen LogP contribution in [0, 0.1) is 5.92 Å². The molecule has 1 N–H and O–H groups in total. The summed E-state index contributed by atoms with van der Waals surface area (Å²) in [5, 5.41) is 3.58. The van der Waals surface area contributed by atoms with Crippen LogP contribution in [-0.2, 0) is 11.2 Å². The number of halogens is 2. The largest absolute Gasteiger partial charge is 0.381 e. The van der Waals surface area contributed by atoms with Crippen LogP contribution in [0.15, 0.2) is 24.4 Å². The lowest BCUT2D eigenvalue weighted by atomic mass is 9.81. The van der Waals surface area contributed by atoms with Gasteiger partial charge in [0, 0.05) is 31.5 Å². The van der Waals surface area contributed by atoms with E-state index in [1.165, 1.54) is 0 Å². The highest BCUT2D eigenvalue weighted by atomic mass is 35.5. The Morgan fingerprint density at radius 2 is 2.19 bits per heavy atom. The number of carbonyl (C=O) groups is 1. The summed E-state index contributed by atoms with van der Waals surface area (Å²) in [6, 6.07) is 5.56. The minimum Gasteiger partial charge on any atom is -0.381 e. The van der Waals surface area contributed by atoms with Gasteiger partial charge in [-0.25, -0.2) is 4.39 Å². The van der Waals surface area contributed by atoms with E-state index in [0.717, 1.165) is 24.1 Å². The average molecular weight is 395 g/mol. The lowest BCUT2D eigenvalue weighted by Gasteiger charge is -2.31. The average Bonchev–Trinajstić information content (AvgIpc) is 3.01. The number of carbonyl (C=O) groups excluding carboxylic acids is 1. The molecule has 0 unspecified atom stereocenters. The summed E-state index contributed by atoms with van der Waals surface area (Å²) in [6.07, 6.45) is 5.38. The van der Waals surface area contributed by atoms with E-state index in [-0.39, 0.29) is 5.91 Å². The van der Waals surface area contributed by atoms with Crippen LogP contribution in [0.25, 0.3) is 5.52 Å². The first-order valence-corrected chi connectivity index (χ1v) is 10.1. The molecule has 1 saturated carbocycles. The number of alkyl halides is 1. The first-order chi connectivity index (χ1) is 12.9. The smallest absolute Gasteiger partial charge is 0.253 e. The van der Waals surface area contributed by atoms with E-state index in [2.05, 4.69) is 5.32 Å². The second-order valence-electron chi connectivity index (χ2n) is 7.64. The molecule has 27 heavy (non-hydrogen) atoms. The summed E-state index contributed by atoms with van der Waals surface area (Å²) in [7, 11) is 0. The predicted molar refractivity (Wildman–Crippen MR) is 106 cm³/mol. The highest BCUT2D eigenvalue weighted by molar-refractivity contribution is 6.34. The van der Waals surface area contributed by atoms with Gasteiger partial charge in [0.25, 0.3) is 5.91 Å². The molecule has 1 aliphatic rings. The Morgan fingerprint density at radius 1 is 1.44 bits per heavy atom. The number of hydrogen-bond donors (Lipinski definition) is 1. The summed E-state index contributed by atoms with van der Waals surface area (Å²) in [5.41, 5.74) is 1.25. The van der Waals surface area contributed by atoms with Crippen LogP contribution in [0.1, 0.15) is 55.6 Å². The third kappa shape index (κ3) is 4.82. The SMILES string of the molecule is CCOCCc1cc(C(=O)NCC2CCC(C)(F)CC2)c2c(Cl)cccn12. The lowest BCUT2D eigenvalue weighted by molar-refractivity contribution is 0.0894. The molecular weight excluding hydrogens is 367 g/mol. The van der Waals surface area contributed by atoms with Crippen molar-refractivity contribution in [3.05, 3.63) is 40.7 Å². The zero-order valence-corrected chi connectivity index (χ0v) is 16.8. The number of aromatic nitrogens is 1. The number of pyridine rings is 1. The molecule has 1 amide bonds. The van der Waals surface area contributed by atoms with Crippen molar-refractivity contribution < 1.29 is 13.9 Å². The Morgan fingerprint density at radius 3 is 2.89 bits per heavy atom. The molecule has 148 valence electrons. The van der Waals surface area contributed by atoms with Crippen molar-refractivity contribution in [2.75, 3.05) is 19.8 Å². The summed E-state index contributed by atoms with van der Waals surface area (Å²) < 4.78 is 21.4.